The first-order valence-electron chi connectivity index (χ1n) is 10.2. The smallest absolute Gasteiger partial charge is 0.312 e. The van der Waals surface area contributed by atoms with Gasteiger partial charge in [0.1, 0.15) is 5.82 Å². The number of nitrogens with two attached hydrogens (primary N) is 1. The lowest BCUT2D eigenvalue weighted by atomic mass is 10.0. The van der Waals surface area contributed by atoms with Gasteiger partial charge >= 0.3 is 6.08 Å². The fourth-order valence-electron chi connectivity index (χ4n) is 3.93. The van der Waals surface area contributed by atoms with Crippen molar-refractivity contribution < 1.29 is 12.8 Å². The number of hydrogen-bond acceptors (Lipinski definition) is 6. The monoisotopic (exact) mass is 558 g/mol. The van der Waals surface area contributed by atoms with Gasteiger partial charge in [-0.1, -0.05) is 6.07 Å². The summed E-state index contributed by atoms with van der Waals surface area (Å²) < 4.78 is 42.8. The molecule has 11 heteroatoms. The molecule has 0 saturated carbocycles. The number of nitrogen functional groups attached to an aromatic ring is 1. The van der Waals surface area contributed by atoms with Crippen LogP contribution in [-0.2, 0) is 35.8 Å². The van der Waals surface area contributed by atoms with Crippen LogP contribution >= 0.6 is 22.6 Å². The maximum absolute atomic E-state index is 13.9. The molecule has 0 atom stereocenters. The number of nitrogens with one attached hydrogen (secondary N) is 1. The molecule has 1 aliphatic rings. The summed E-state index contributed by atoms with van der Waals surface area (Å²) in [5.74, 6) is 0.728. The van der Waals surface area contributed by atoms with E-state index in [4.69, 9.17) is 5.73 Å². The Balaban J connectivity index is 1.66. The molecule has 3 N–H and O–H groups in total. The van der Waals surface area contributed by atoms with Crippen LogP contribution in [0.5, 0.6) is 0 Å². The number of imidazole rings is 1. The molecule has 8 nitrogen and oxygen atoms in total. The van der Waals surface area contributed by atoms with Crippen LogP contribution < -0.4 is 10.5 Å². The van der Waals surface area contributed by atoms with Gasteiger partial charge in [0.2, 0.25) is 10.0 Å². The molecule has 0 fully saturated rings. The third kappa shape index (κ3) is 4.82. The average Bonchev–Trinajstić information content (AvgIpc) is 3.30. The van der Waals surface area contributed by atoms with Crippen LogP contribution in [0.4, 0.5) is 10.2 Å². The summed E-state index contributed by atoms with van der Waals surface area (Å²) >= 11 is 2.34. The number of nitrogens with zero attached hydrogens (tertiary/aromatic N) is 4. The number of aromatic nitrogens is 4. The largest absolute Gasteiger partial charge is 0.382 e. The summed E-state index contributed by atoms with van der Waals surface area (Å²) in [6, 6.07) is 4.47. The van der Waals surface area contributed by atoms with Crippen LogP contribution in [0, 0.1) is 9.65 Å². The average molecular weight is 558 g/mol. The van der Waals surface area contributed by atoms with E-state index in [1.807, 2.05) is 4.57 Å². The van der Waals surface area contributed by atoms with Crippen molar-refractivity contribution in [3.8, 4) is 0 Å². The van der Waals surface area contributed by atoms with E-state index in [1.54, 1.807) is 6.92 Å². The number of sulfonamides is 1. The summed E-state index contributed by atoms with van der Waals surface area (Å²) in [6.07, 6.45) is 3.51. The second-order valence-corrected chi connectivity index (χ2v) is 10.9. The Morgan fingerprint density at radius 2 is 1.97 bits per heavy atom. The van der Waals surface area contributed by atoms with Crippen molar-refractivity contribution >= 4 is 49.6 Å². The van der Waals surface area contributed by atoms with Gasteiger partial charge in [0.05, 0.1) is 5.75 Å². The highest BCUT2D eigenvalue weighted by molar-refractivity contribution is 14.1. The van der Waals surface area contributed by atoms with Crippen LogP contribution in [0.15, 0.2) is 12.1 Å². The van der Waals surface area contributed by atoms with Gasteiger partial charge in [0.25, 0.3) is 0 Å². The number of benzene rings is 1. The maximum Gasteiger partial charge on any atom is 0.312 e. The van der Waals surface area contributed by atoms with Crippen LogP contribution in [0.2, 0.25) is 0 Å². The molecule has 1 aromatic carbocycles. The summed E-state index contributed by atoms with van der Waals surface area (Å²) in [5.41, 5.74) is 10.5. The van der Waals surface area contributed by atoms with Crippen molar-refractivity contribution in [2.45, 2.75) is 45.6 Å². The van der Waals surface area contributed by atoms with Crippen molar-refractivity contribution in [3.05, 3.63) is 44.3 Å². The number of halogens is 2. The fourth-order valence-corrected chi connectivity index (χ4v) is 5.31. The van der Waals surface area contributed by atoms with Crippen molar-refractivity contribution in [3.63, 3.8) is 0 Å². The molecule has 3 aromatic rings. The first-order chi connectivity index (χ1) is 14.8. The molecule has 2 heterocycles. The fraction of sp³-hybridized carbons (Fsp3) is 0.450. The topological polar surface area (TPSA) is 116 Å². The molecule has 166 valence electrons. The molecule has 0 radical (unpaired) electrons. The number of hydrogen-bond donors (Lipinski definition) is 2. The van der Waals surface area contributed by atoms with Crippen molar-refractivity contribution in [1.29, 1.82) is 0 Å². The molecule has 4 rings (SSSR count). The zero-order valence-corrected chi connectivity index (χ0v) is 20.1. The third-order valence-corrected chi connectivity index (χ3v) is 7.95. The highest BCUT2D eigenvalue weighted by Crippen LogP contribution is 2.29. The van der Waals surface area contributed by atoms with E-state index in [0.717, 1.165) is 22.0 Å². The van der Waals surface area contributed by atoms with Crippen molar-refractivity contribution in [2.24, 2.45) is 0 Å². The summed E-state index contributed by atoms with van der Waals surface area (Å²) in [6.45, 7) is 2.29. The first-order valence-corrected chi connectivity index (χ1v) is 13.0. The minimum atomic E-state index is -3.27. The van der Waals surface area contributed by atoms with E-state index in [1.165, 1.54) is 17.5 Å². The van der Waals surface area contributed by atoms with Gasteiger partial charge in [-0.15, -0.1) is 0 Å². The van der Waals surface area contributed by atoms with Gasteiger partial charge in [-0.25, -0.2) is 18.1 Å². The Labute approximate surface area is 194 Å². The quantitative estimate of drug-likeness (QED) is 0.250. The highest BCUT2D eigenvalue weighted by Gasteiger charge is 2.20. The van der Waals surface area contributed by atoms with Gasteiger partial charge in [-0.2, -0.15) is 14.4 Å². The zero-order valence-electron chi connectivity index (χ0n) is 17.2. The minimum Gasteiger partial charge on any atom is -0.382 e. The maximum atomic E-state index is 13.9. The lowest BCUT2D eigenvalue weighted by Crippen LogP contribution is -2.27. The first kappa shape index (κ1) is 22.3. The molecular formula is C20H24FIN6O2S. The van der Waals surface area contributed by atoms with E-state index >= 15 is 0 Å². The number of rotatable bonds is 8. The molecule has 0 unspecified atom stereocenters. The van der Waals surface area contributed by atoms with Gasteiger partial charge in [-0.3, -0.25) is 0 Å². The Kier molecular flexibility index (Phi) is 6.44. The second kappa shape index (κ2) is 8.94. The molecule has 31 heavy (non-hydrogen) atoms. The molecule has 0 aliphatic heterocycles. The SMILES string of the molecule is CCS(=O)(=O)NCCCn1c(Cc2cc3c(cc2I)CCC3)nc2c(N)nc(F)nc21. The summed E-state index contributed by atoms with van der Waals surface area (Å²) in [7, 11) is -3.27. The lowest BCUT2D eigenvalue weighted by Gasteiger charge is -2.12. The molecule has 0 saturated heterocycles. The van der Waals surface area contributed by atoms with Crippen LogP contribution in [0.25, 0.3) is 11.2 Å². The van der Waals surface area contributed by atoms with E-state index in [-0.39, 0.29) is 18.1 Å². The molecule has 1 aliphatic carbocycles. The third-order valence-electron chi connectivity index (χ3n) is 5.54. The number of anilines is 1. The van der Waals surface area contributed by atoms with Crippen LogP contribution in [0.3, 0.4) is 0 Å². The minimum absolute atomic E-state index is 0.00200. The second-order valence-electron chi connectivity index (χ2n) is 7.62. The standard InChI is InChI=1S/C20H24FIN6O2S/c1-2-31(29,30)24-7-4-8-28-16(25-17-18(23)26-20(21)27-19(17)28)11-14-9-12-5-3-6-13(12)10-15(14)22/h9-10,24H,2-8,11H2,1H3,(H2,23,26,27). The predicted molar refractivity (Wildman–Crippen MR) is 126 cm³/mol. The van der Waals surface area contributed by atoms with E-state index < -0.39 is 16.1 Å². The van der Waals surface area contributed by atoms with E-state index in [9.17, 15) is 12.8 Å². The summed E-state index contributed by atoms with van der Waals surface area (Å²) in [5, 5.41) is 0. The lowest BCUT2D eigenvalue weighted by molar-refractivity contribution is 0.539. The van der Waals surface area contributed by atoms with Crippen molar-refractivity contribution in [1.82, 2.24) is 24.2 Å². The van der Waals surface area contributed by atoms with Crippen LogP contribution in [0.1, 0.15) is 42.3 Å². The normalized spacial score (nSPS) is 13.8. The van der Waals surface area contributed by atoms with Gasteiger partial charge in [-0.05, 0) is 78.0 Å². The Morgan fingerprint density at radius 1 is 1.23 bits per heavy atom. The van der Waals surface area contributed by atoms with Crippen molar-refractivity contribution in [2.75, 3.05) is 18.0 Å². The molecule has 0 spiro atoms. The molecule has 2 aromatic heterocycles. The number of aryl methyl sites for hydroxylation is 3. The molecule has 0 bridgehead atoms. The zero-order chi connectivity index (χ0) is 22.2. The Bertz CT molecular complexity index is 1240. The predicted octanol–water partition coefficient (Wildman–Crippen LogP) is 2.56. The summed E-state index contributed by atoms with van der Waals surface area (Å²) in [4.78, 5) is 12.2. The van der Waals surface area contributed by atoms with Crippen LogP contribution in [-0.4, -0.2) is 40.2 Å². The van der Waals surface area contributed by atoms with Gasteiger partial charge < -0.3 is 10.3 Å². The molecular weight excluding hydrogens is 534 g/mol. The van der Waals surface area contributed by atoms with Gasteiger partial charge in [0.15, 0.2) is 17.0 Å². The number of fused-ring (bicyclic) bond motifs is 2. The highest BCUT2D eigenvalue weighted by atomic mass is 127. The van der Waals surface area contributed by atoms with Gasteiger partial charge in [0, 0.05) is 23.1 Å². The van der Waals surface area contributed by atoms with E-state index in [0.29, 0.717) is 36.4 Å². The van der Waals surface area contributed by atoms with E-state index in [2.05, 4.69) is 54.4 Å². The molecule has 0 amide bonds. The Morgan fingerprint density at radius 3 is 2.71 bits per heavy atom. The Hall–Kier alpha value is -1.86.